The number of rotatable bonds is 11. The second-order valence-electron chi connectivity index (χ2n) is 7.15. The average Bonchev–Trinajstić information content (AvgIpc) is 2.81. The van der Waals surface area contributed by atoms with Gasteiger partial charge in [-0.1, -0.05) is 58.4 Å². The lowest BCUT2D eigenvalue weighted by Crippen LogP contribution is -2.41. The van der Waals surface area contributed by atoms with E-state index in [2.05, 4.69) is 21.2 Å². The summed E-state index contributed by atoms with van der Waals surface area (Å²) in [5, 5.41) is 2.79. The minimum Gasteiger partial charge on any atom is -0.354 e. The molecular weight excluding hydrogens is 527 g/mol. The van der Waals surface area contributed by atoms with Gasteiger partial charge in [0.25, 0.3) is 10.0 Å². The highest BCUT2D eigenvalue weighted by molar-refractivity contribution is 9.10. The van der Waals surface area contributed by atoms with Crippen molar-refractivity contribution in [3.63, 3.8) is 0 Å². The summed E-state index contributed by atoms with van der Waals surface area (Å²) in [6.45, 7) is 0.0663. The molecule has 0 aliphatic heterocycles. The molecule has 0 radical (unpaired) electrons. The lowest BCUT2D eigenvalue weighted by molar-refractivity contribution is -0.119. The summed E-state index contributed by atoms with van der Waals surface area (Å²) in [5.41, 5.74) is 1.05. The van der Waals surface area contributed by atoms with E-state index in [1.807, 2.05) is 0 Å². The zero-order valence-corrected chi connectivity index (χ0v) is 21.0. The molecule has 0 aliphatic carbocycles. The van der Waals surface area contributed by atoms with Crippen molar-refractivity contribution in [2.24, 2.45) is 0 Å². The number of nitrogens with one attached hydrogen (secondary N) is 1. The predicted octanol–water partition coefficient (Wildman–Crippen LogP) is 5.22. The minimum atomic E-state index is -3.93. The summed E-state index contributed by atoms with van der Waals surface area (Å²) in [5.74, 6) is 0.693. The number of nitrogens with zero attached hydrogens (tertiary/aromatic N) is 1. The fourth-order valence-electron chi connectivity index (χ4n) is 3.05. The Morgan fingerprint density at radius 3 is 2.45 bits per heavy atom. The molecule has 3 aromatic rings. The average molecular weight is 552 g/mol. The molecular formula is C24H24BrFN2O3S2. The SMILES string of the molecule is O=C(CN(c1cccc(Br)c1)S(=O)(=O)c1ccccc1)NCCCSCc1ccccc1F. The van der Waals surface area contributed by atoms with Crippen LogP contribution in [0.4, 0.5) is 10.1 Å². The van der Waals surface area contributed by atoms with E-state index in [1.54, 1.807) is 72.4 Å². The Balaban J connectivity index is 1.57. The van der Waals surface area contributed by atoms with Gasteiger partial charge in [0.1, 0.15) is 12.4 Å². The van der Waals surface area contributed by atoms with E-state index in [1.165, 1.54) is 18.2 Å². The van der Waals surface area contributed by atoms with Crippen LogP contribution < -0.4 is 9.62 Å². The van der Waals surface area contributed by atoms with Crippen LogP contribution in [0.15, 0.2) is 88.2 Å². The number of carbonyl (C=O) groups excluding carboxylic acids is 1. The normalized spacial score (nSPS) is 11.2. The molecule has 1 amide bonds. The van der Waals surface area contributed by atoms with Crippen molar-refractivity contribution in [1.82, 2.24) is 5.32 Å². The molecule has 0 heterocycles. The van der Waals surface area contributed by atoms with Gasteiger partial charge in [0, 0.05) is 16.8 Å². The first-order valence-electron chi connectivity index (χ1n) is 10.3. The summed E-state index contributed by atoms with van der Waals surface area (Å²) in [6.07, 6.45) is 0.688. The highest BCUT2D eigenvalue weighted by Gasteiger charge is 2.27. The topological polar surface area (TPSA) is 66.5 Å². The fraction of sp³-hybridized carbons (Fsp3) is 0.208. The van der Waals surface area contributed by atoms with Gasteiger partial charge in [-0.15, -0.1) is 0 Å². The molecule has 0 saturated heterocycles. The van der Waals surface area contributed by atoms with Crippen molar-refractivity contribution < 1.29 is 17.6 Å². The first kappa shape index (κ1) is 25.3. The monoisotopic (exact) mass is 550 g/mol. The third-order valence-electron chi connectivity index (χ3n) is 4.72. The number of hydrogen-bond acceptors (Lipinski definition) is 4. The van der Waals surface area contributed by atoms with Crippen LogP contribution >= 0.6 is 27.7 Å². The third kappa shape index (κ3) is 7.31. The van der Waals surface area contributed by atoms with E-state index in [0.717, 1.165) is 10.1 Å². The van der Waals surface area contributed by atoms with E-state index in [-0.39, 0.29) is 17.3 Å². The Hall–Kier alpha value is -2.36. The molecule has 0 atom stereocenters. The summed E-state index contributed by atoms with van der Waals surface area (Å²) in [7, 11) is -3.93. The quantitative estimate of drug-likeness (QED) is 0.332. The Bertz CT molecular complexity index is 1180. The molecule has 5 nitrogen and oxygen atoms in total. The molecule has 0 unspecified atom stereocenters. The molecule has 9 heteroatoms. The maximum Gasteiger partial charge on any atom is 0.264 e. The van der Waals surface area contributed by atoms with E-state index in [9.17, 15) is 17.6 Å². The highest BCUT2D eigenvalue weighted by Crippen LogP contribution is 2.26. The number of thioether (sulfide) groups is 1. The summed E-state index contributed by atoms with van der Waals surface area (Å²) < 4.78 is 42.0. The van der Waals surface area contributed by atoms with Crippen LogP contribution in [-0.4, -0.2) is 33.2 Å². The van der Waals surface area contributed by atoms with Gasteiger partial charge in [-0.05, 0) is 54.1 Å². The molecule has 3 rings (SSSR count). The van der Waals surface area contributed by atoms with Crippen molar-refractivity contribution >= 4 is 49.3 Å². The molecule has 0 aliphatic rings. The van der Waals surface area contributed by atoms with Crippen LogP contribution in [0.1, 0.15) is 12.0 Å². The van der Waals surface area contributed by atoms with Crippen LogP contribution in [0.5, 0.6) is 0 Å². The largest absolute Gasteiger partial charge is 0.354 e. The summed E-state index contributed by atoms with van der Waals surface area (Å²) in [6, 6.07) is 21.5. The molecule has 0 aromatic heterocycles. The molecule has 0 saturated carbocycles. The molecule has 33 heavy (non-hydrogen) atoms. The van der Waals surface area contributed by atoms with E-state index in [0.29, 0.717) is 34.4 Å². The van der Waals surface area contributed by atoms with Gasteiger partial charge >= 0.3 is 0 Å². The number of amides is 1. The zero-order chi connectivity index (χ0) is 23.7. The van der Waals surface area contributed by atoms with Gasteiger partial charge in [-0.3, -0.25) is 9.10 Å². The van der Waals surface area contributed by atoms with Crippen molar-refractivity contribution in [3.05, 3.63) is 94.7 Å². The van der Waals surface area contributed by atoms with Crippen LogP contribution in [-0.2, 0) is 20.6 Å². The van der Waals surface area contributed by atoms with Gasteiger partial charge in [-0.25, -0.2) is 12.8 Å². The number of carbonyl (C=O) groups is 1. The molecule has 0 spiro atoms. The summed E-state index contributed by atoms with van der Waals surface area (Å²) in [4.78, 5) is 12.7. The third-order valence-corrected chi connectivity index (χ3v) is 8.09. The van der Waals surface area contributed by atoms with Crippen LogP contribution in [0.2, 0.25) is 0 Å². The first-order valence-corrected chi connectivity index (χ1v) is 13.7. The van der Waals surface area contributed by atoms with Crippen molar-refractivity contribution in [2.45, 2.75) is 17.1 Å². The maximum atomic E-state index is 13.6. The Morgan fingerprint density at radius 1 is 1.00 bits per heavy atom. The van der Waals surface area contributed by atoms with Crippen LogP contribution in [0.25, 0.3) is 0 Å². The van der Waals surface area contributed by atoms with Gasteiger partial charge < -0.3 is 5.32 Å². The first-order chi connectivity index (χ1) is 15.9. The minimum absolute atomic E-state index is 0.113. The Labute approximate surface area is 206 Å². The predicted molar refractivity (Wildman–Crippen MR) is 135 cm³/mol. The number of halogens is 2. The number of benzene rings is 3. The molecule has 0 bridgehead atoms. The van der Waals surface area contributed by atoms with Crippen molar-refractivity contribution in [2.75, 3.05) is 23.1 Å². The maximum absolute atomic E-state index is 13.6. The molecule has 0 fully saturated rings. The van der Waals surface area contributed by atoms with Crippen molar-refractivity contribution in [3.8, 4) is 0 Å². The Kier molecular flexibility index (Phi) is 9.34. The van der Waals surface area contributed by atoms with Gasteiger partial charge in [0.05, 0.1) is 10.6 Å². The van der Waals surface area contributed by atoms with Crippen molar-refractivity contribution in [1.29, 1.82) is 0 Å². The van der Waals surface area contributed by atoms with Crippen LogP contribution in [0, 0.1) is 5.82 Å². The van der Waals surface area contributed by atoms with Gasteiger partial charge in [0.15, 0.2) is 0 Å². The smallest absolute Gasteiger partial charge is 0.264 e. The van der Waals surface area contributed by atoms with E-state index in [4.69, 9.17) is 0 Å². The Morgan fingerprint density at radius 2 is 1.73 bits per heavy atom. The molecule has 3 aromatic carbocycles. The standard InChI is InChI=1S/C24H24BrFN2O3S2/c25-20-9-6-10-21(16-20)28(33(30,31)22-11-2-1-3-12-22)17-24(29)27-14-7-15-32-18-19-8-4-5-13-23(19)26/h1-6,8-13,16H,7,14-15,17-18H2,(H,27,29). The summed E-state index contributed by atoms with van der Waals surface area (Å²) >= 11 is 4.94. The second-order valence-corrected chi connectivity index (χ2v) is 11.0. The lowest BCUT2D eigenvalue weighted by Gasteiger charge is -2.24. The highest BCUT2D eigenvalue weighted by atomic mass is 79.9. The van der Waals surface area contributed by atoms with Gasteiger partial charge in [-0.2, -0.15) is 11.8 Å². The lowest BCUT2D eigenvalue weighted by atomic mass is 10.2. The number of anilines is 1. The molecule has 1 N–H and O–H groups in total. The fourth-order valence-corrected chi connectivity index (χ4v) is 5.82. The van der Waals surface area contributed by atoms with Gasteiger partial charge in [0.2, 0.25) is 5.91 Å². The van der Waals surface area contributed by atoms with E-state index < -0.39 is 15.9 Å². The zero-order valence-electron chi connectivity index (χ0n) is 17.8. The molecule has 174 valence electrons. The number of sulfonamides is 1. The van der Waals surface area contributed by atoms with Crippen LogP contribution in [0.3, 0.4) is 0 Å². The van der Waals surface area contributed by atoms with E-state index >= 15 is 0 Å². The second kappa shape index (κ2) is 12.2. The number of hydrogen-bond donors (Lipinski definition) is 1.